The Balaban J connectivity index is 1.25. The third-order valence-electron chi connectivity index (χ3n) is 5.34. The van der Waals surface area contributed by atoms with E-state index < -0.39 is 18.0 Å². The lowest BCUT2D eigenvalue weighted by Gasteiger charge is -2.29. The van der Waals surface area contributed by atoms with Crippen LogP contribution in [0, 0.1) is 5.82 Å². The van der Waals surface area contributed by atoms with Crippen LogP contribution in [0.2, 0.25) is 0 Å². The molecule has 2 saturated heterocycles. The summed E-state index contributed by atoms with van der Waals surface area (Å²) in [5.41, 5.74) is 1.89. The molecule has 2 aliphatic heterocycles. The summed E-state index contributed by atoms with van der Waals surface area (Å²) in [6.07, 6.45) is -1.09. The molecular formula is C23H26FN3O5. The Morgan fingerprint density at radius 2 is 1.94 bits per heavy atom. The highest BCUT2D eigenvalue weighted by Crippen LogP contribution is 2.28. The van der Waals surface area contributed by atoms with Gasteiger partial charge in [0.15, 0.2) is 0 Å². The first-order valence-corrected chi connectivity index (χ1v) is 10.6. The molecule has 2 aliphatic rings. The number of hydrogen-bond acceptors (Lipinski definition) is 6. The zero-order chi connectivity index (χ0) is 22.3. The molecule has 2 heterocycles. The first-order chi connectivity index (χ1) is 15.6. The van der Waals surface area contributed by atoms with E-state index in [2.05, 4.69) is 5.32 Å². The number of anilines is 2. The molecular weight excluding hydrogens is 417 g/mol. The molecule has 2 aromatic rings. The molecule has 1 N–H and O–H groups in total. The SMILES string of the molecule is O=C(COCc1ccccc1)NC[C@H]1CN(c2ccc(N3CCOCC3)c(F)c2)C(=O)O1. The monoisotopic (exact) mass is 443 g/mol. The molecule has 8 nitrogen and oxygen atoms in total. The fourth-order valence-corrected chi connectivity index (χ4v) is 3.68. The van der Waals surface area contributed by atoms with Crippen LogP contribution in [0.3, 0.4) is 0 Å². The summed E-state index contributed by atoms with van der Waals surface area (Å²) in [6.45, 7) is 3.00. The van der Waals surface area contributed by atoms with Crippen LogP contribution in [0.4, 0.5) is 20.6 Å². The summed E-state index contributed by atoms with van der Waals surface area (Å²) in [5, 5.41) is 2.71. The van der Waals surface area contributed by atoms with E-state index in [-0.39, 0.29) is 25.6 Å². The van der Waals surface area contributed by atoms with E-state index in [0.717, 1.165) is 5.56 Å². The zero-order valence-corrected chi connectivity index (χ0v) is 17.7. The normalized spacial score (nSPS) is 18.5. The van der Waals surface area contributed by atoms with Crippen molar-refractivity contribution in [2.24, 2.45) is 0 Å². The van der Waals surface area contributed by atoms with Crippen LogP contribution in [0.5, 0.6) is 0 Å². The third kappa shape index (κ3) is 5.54. The average Bonchev–Trinajstić information content (AvgIpc) is 3.19. The Hall–Kier alpha value is -3.17. The fourth-order valence-electron chi connectivity index (χ4n) is 3.68. The number of rotatable bonds is 8. The van der Waals surface area contributed by atoms with E-state index in [4.69, 9.17) is 14.2 Å². The molecule has 0 radical (unpaired) electrons. The molecule has 2 fully saturated rings. The van der Waals surface area contributed by atoms with Gasteiger partial charge in [-0.1, -0.05) is 30.3 Å². The number of nitrogens with zero attached hydrogens (tertiary/aromatic N) is 2. The quantitative estimate of drug-likeness (QED) is 0.675. The van der Waals surface area contributed by atoms with Crippen LogP contribution in [0.15, 0.2) is 48.5 Å². The lowest BCUT2D eigenvalue weighted by Crippen LogP contribution is -2.37. The van der Waals surface area contributed by atoms with Crippen LogP contribution in [0.1, 0.15) is 5.56 Å². The van der Waals surface area contributed by atoms with Gasteiger partial charge in [0.05, 0.1) is 44.3 Å². The summed E-state index contributed by atoms with van der Waals surface area (Å²) < 4.78 is 30.7. The number of halogens is 1. The molecule has 4 rings (SSSR count). The molecule has 0 spiro atoms. The van der Waals surface area contributed by atoms with Crippen molar-refractivity contribution in [3.63, 3.8) is 0 Å². The Labute approximate surface area is 185 Å². The number of nitrogens with one attached hydrogen (secondary N) is 1. The predicted octanol–water partition coefficient (Wildman–Crippen LogP) is 2.32. The number of carbonyl (C=O) groups excluding carboxylic acids is 2. The van der Waals surface area contributed by atoms with Crippen molar-refractivity contribution >= 4 is 23.4 Å². The molecule has 9 heteroatoms. The second kappa shape index (κ2) is 10.4. The topological polar surface area (TPSA) is 80.3 Å². The number of hydrogen-bond donors (Lipinski definition) is 1. The molecule has 0 bridgehead atoms. The minimum Gasteiger partial charge on any atom is -0.442 e. The van der Waals surface area contributed by atoms with E-state index in [0.29, 0.717) is 44.3 Å². The molecule has 32 heavy (non-hydrogen) atoms. The minimum atomic E-state index is -0.567. The summed E-state index contributed by atoms with van der Waals surface area (Å²) in [4.78, 5) is 27.6. The van der Waals surface area contributed by atoms with Gasteiger partial charge in [-0.15, -0.1) is 0 Å². The molecule has 1 atom stereocenters. The summed E-state index contributed by atoms with van der Waals surface area (Å²) >= 11 is 0. The summed E-state index contributed by atoms with van der Waals surface area (Å²) in [7, 11) is 0. The highest BCUT2D eigenvalue weighted by Gasteiger charge is 2.33. The maximum Gasteiger partial charge on any atom is 0.414 e. The first kappa shape index (κ1) is 22.0. The van der Waals surface area contributed by atoms with Gasteiger partial charge in [0.1, 0.15) is 18.5 Å². The second-order valence-corrected chi connectivity index (χ2v) is 7.63. The highest BCUT2D eigenvalue weighted by molar-refractivity contribution is 5.90. The highest BCUT2D eigenvalue weighted by atomic mass is 19.1. The summed E-state index contributed by atoms with van der Waals surface area (Å²) in [5.74, 6) is -0.694. The van der Waals surface area contributed by atoms with Gasteiger partial charge in [0.2, 0.25) is 5.91 Å². The van der Waals surface area contributed by atoms with Crippen LogP contribution in [-0.4, -0.2) is 64.1 Å². The maximum atomic E-state index is 14.7. The van der Waals surface area contributed by atoms with Crippen molar-refractivity contribution < 1.29 is 28.2 Å². The van der Waals surface area contributed by atoms with E-state index in [1.54, 1.807) is 12.1 Å². The molecule has 0 saturated carbocycles. The largest absolute Gasteiger partial charge is 0.442 e. The van der Waals surface area contributed by atoms with Gasteiger partial charge in [-0.3, -0.25) is 9.69 Å². The number of ether oxygens (including phenoxy) is 3. The zero-order valence-electron chi connectivity index (χ0n) is 17.7. The molecule has 0 aromatic heterocycles. The number of cyclic esters (lactones) is 1. The molecule has 2 aromatic carbocycles. The number of benzene rings is 2. The van der Waals surface area contributed by atoms with Gasteiger partial charge in [0.25, 0.3) is 0 Å². The number of morpholine rings is 1. The predicted molar refractivity (Wildman–Crippen MR) is 116 cm³/mol. The first-order valence-electron chi connectivity index (χ1n) is 10.6. The van der Waals surface area contributed by atoms with Crippen LogP contribution in [-0.2, 0) is 25.6 Å². The van der Waals surface area contributed by atoms with Crippen LogP contribution >= 0.6 is 0 Å². The van der Waals surface area contributed by atoms with Gasteiger partial charge >= 0.3 is 6.09 Å². The van der Waals surface area contributed by atoms with Crippen molar-refractivity contribution in [2.75, 3.05) is 55.8 Å². The standard InChI is InChI=1S/C23H26FN3O5/c24-20-12-18(6-7-21(20)26-8-10-30-11-9-26)27-14-19(32-23(27)29)13-25-22(28)16-31-15-17-4-2-1-3-5-17/h1-7,12,19H,8-11,13-16H2,(H,25,28)/t19-/m0/s1. The van der Waals surface area contributed by atoms with Gasteiger partial charge in [0, 0.05) is 13.1 Å². The van der Waals surface area contributed by atoms with E-state index in [1.807, 2.05) is 35.2 Å². The number of carbonyl (C=O) groups is 2. The molecule has 170 valence electrons. The Morgan fingerprint density at radius 1 is 1.16 bits per heavy atom. The van der Waals surface area contributed by atoms with Crippen molar-refractivity contribution in [3.05, 3.63) is 59.9 Å². The van der Waals surface area contributed by atoms with E-state index >= 15 is 0 Å². The lowest BCUT2D eigenvalue weighted by molar-refractivity contribution is -0.126. The van der Waals surface area contributed by atoms with Crippen molar-refractivity contribution in [2.45, 2.75) is 12.7 Å². The van der Waals surface area contributed by atoms with Crippen molar-refractivity contribution in [3.8, 4) is 0 Å². The molecule has 2 amide bonds. The Kier molecular flexibility index (Phi) is 7.18. The van der Waals surface area contributed by atoms with Crippen LogP contribution in [0.25, 0.3) is 0 Å². The van der Waals surface area contributed by atoms with E-state index in [9.17, 15) is 14.0 Å². The average molecular weight is 443 g/mol. The smallest absolute Gasteiger partial charge is 0.414 e. The lowest BCUT2D eigenvalue weighted by atomic mass is 10.2. The van der Waals surface area contributed by atoms with Gasteiger partial charge in [-0.2, -0.15) is 0 Å². The molecule has 0 unspecified atom stereocenters. The van der Waals surface area contributed by atoms with E-state index in [1.165, 1.54) is 11.0 Å². The number of amides is 2. The second-order valence-electron chi connectivity index (χ2n) is 7.63. The van der Waals surface area contributed by atoms with Gasteiger partial charge < -0.3 is 24.4 Å². The third-order valence-corrected chi connectivity index (χ3v) is 5.34. The van der Waals surface area contributed by atoms with Crippen LogP contribution < -0.4 is 15.1 Å². The maximum absolute atomic E-state index is 14.7. The van der Waals surface area contributed by atoms with Crippen molar-refractivity contribution in [1.82, 2.24) is 5.32 Å². The molecule has 0 aliphatic carbocycles. The van der Waals surface area contributed by atoms with Crippen molar-refractivity contribution in [1.29, 1.82) is 0 Å². The summed E-state index contributed by atoms with van der Waals surface area (Å²) in [6, 6.07) is 14.3. The Bertz CT molecular complexity index is 936. The minimum absolute atomic E-state index is 0.0898. The van der Waals surface area contributed by atoms with Gasteiger partial charge in [-0.05, 0) is 23.8 Å². The fraction of sp³-hybridized carbons (Fsp3) is 0.391. The Morgan fingerprint density at radius 3 is 2.69 bits per heavy atom. The van der Waals surface area contributed by atoms with Gasteiger partial charge in [-0.25, -0.2) is 9.18 Å².